The monoisotopic (exact) mass is 396 g/mol. The fraction of sp³-hybridized carbons (Fsp3) is 0.227. The van der Waals surface area contributed by atoms with Crippen molar-refractivity contribution in [3.05, 3.63) is 70.1 Å². The molecular weight excluding hydrogens is 376 g/mol. The van der Waals surface area contributed by atoms with E-state index in [4.69, 9.17) is 18.6 Å². The predicted molar refractivity (Wildman–Crippen MR) is 105 cm³/mol. The van der Waals surface area contributed by atoms with E-state index < -0.39 is 11.6 Å². The van der Waals surface area contributed by atoms with Crippen LogP contribution in [0, 0.1) is 0 Å². The Bertz CT molecular complexity index is 1080. The molecule has 0 N–H and O–H groups in total. The Morgan fingerprint density at radius 3 is 2.41 bits per heavy atom. The molecule has 0 radical (unpaired) electrons. The van der Waals surface area contributed by atoms with Gasteiger partial charge in [-0.3, -0.25) is 4.79 Å². The fourth-order valence-electron chi connectivity index (χ4n) is 2.74. The molecule has 0 aliphatic carbocycles. The minimum atomic E-state index is -0.589. The van der Waals surface area contributed by atoms with Gasteiger partial charge in [0, 0.05) is 35.1 Å². The molecule has 0 aliphatic rings. The highest BCUT2D eigenvalue weighted by molar-refractivity contribution is 5.95. The maximum absolute atomic E-state index is 12.0. The zero-order valence-electron chi connectivity index (χ0n) is 16.1. The molecule has 1 aromatic heterocycles. The number of methoxy groups -OCH3 is 1. The molecule has 7 nitrogen and oxygen atoms in total. The Balaban J connectivity index is 1.61. The van der Waals surface area contributed by atoms with E-state index in [1.165, 1.54) is 13.2 Å². The van der Waals surface area contributed by atoms with E-state index >= 15 is 0 Å². The summed E-state index contributed by atoms with van der Waals surface area (Å²) in [5.74, 6) is 0.448. The van der Waals surface area contributed by atoms with Gasteiger partial charge in [-0.2, -0.15) is 0 Å². The third-order valence-electron chi connectivity index (χ3n) is 4.28. The molecule has 29 heavy (non-hydrogen) atoms. The van der Waals surface area contributed by atoms with Crippen LogP contribution in [0.1, 0.15) is 29.3 Å². The lowest BCUT2D eigenvalue weighted by atomic mass is 10.1. The zero-order chi connectivity index (χ0) is 20.8. The first-order valence-electron chi connectivity index (χ1n) is 9.02. The van der Waals surface area contributed by atoms with Crippen LogP contribution in [-0.2, 0) is 16.1 Å². The van der Waals surface area contributed by atoms with Crippen molar-refractivity contribution in [3.8, 4) is 11.5 Å². The molecule has 2 aromatic carbocycles. The van der Waals surface area contributed by atoms with Gasteiger partial charge in [-0.1, -0.05) is 6.92 Å². The molecule has 0 saturated carbocycles. The summed E-state index contributed by atoms with van der Waals surface area (Å²) in [7, 11) is 1.51. The van der Waals surface area contributed by atoms with Gasteiger partial charge in [0.2, 0.25) is 0 Å². The van der Waals surface area contributed by atoms with Crippen molar-refractivity contribution in [3.63, 3.8) is 0 Å². The van der Waals surface area contributed by atoms with Crippen LogP contribution in [0.15, 0.2) is 57.7 Å². The Hall–Kier alpha value is -3.61. The number of fused-ring (bicyclic) bond motifs is 1. The van der Waals surface area contributed by atoms with E-state index in [1.54, 1.807) is 49.4 Å². The number of hydrogen-bond acceptors (Lipinski definition) is 7. The number of benzene rings is 2. The van der Waals surface area contributed by atoms with E-state index in [0.717, 1.165) is 0 Å². The summed E-state index contributed by atoms with van der Waals surface area (Å²) in [5, 5.41) is 0.648. The van der Waals surface area contributed by atoms with Crippen molar-refractivity contribution < 1.29 is 28.2 Å². The zero-order valence-corrected chi connectivity index (χ0v) is 16.1. The molecule has 0 bridgehead atoms. The lowest BCUT2D eigenvalue weighted by molar-refractivity contribution is -0.147. The van der Waals surface area contributed by atoms with E-state index in [0.29, 0.717) is 40.0 Å². The molecule has 7 heteroatoms. The SMILES string of the molecule is CCC(=O)c1ccc(OCC(=O)OCc2cc(=O)oc3cc(OC)ccc23)cc1. The summed E-state index contributed by atoms with van der Waals surface area (Å²) in [6, 6.07) is 12.9. The summed E-state index contributed by atoms with van der Waals surface area (Å²) in [6.07, 6.45) is 0.422. The molecular formula is C22H20O7. The molecule has 0 fully saturated rings. The second kappa shape index (κ2) is 9.05. The van der Waals surface area contributed by atoms with E-state index in [9.17, 15) is 14.4 Å². The second-order valence-corrected chi connectivity index (χ2v) is 6.20. The first-order chi connectivity index (χ1) is 14.0. The van der Waals surface area contributed by atoms with Crippen molar-refractivity contribution >= 4 is 22.7 Å². The topological polar surface area (TPSA) is 92.0 Å². The normalized spacial score (nSPS) is 10.6. The van der Waals surface area contributed by atoms with Gasteiger partial charge in [-0.15, -0.1) is 0 Å². The molecule has 3 aromatic rings. The number of rotatable bonds is 8. The smallest absolute Gasteiger partial charge is 0.344 e. The molecule has 1 heterocycles. The Kier molecular flexibility index (Phi) is 6.29. The summed E-state index contributed by atoms with van der Waals surface area (Å²) >= 11 is 0. The van der Waals surface area contributed by atoms with Gasteiger partial charge in [0.1, 0.15) is 23.7 Å². The number of ether oxygens (including phenoxy) is 3. The minimum Gasteiger partial charge on any atom is -0.497 e. The van der Waals surface area contributed by atoms with Gasteiger partial charge >= 0.3 is 11.6 Å². The number of carbonyl (C=O) groups excluding carboxylic acids is 2. The maximum Gasteiger partial charge on any atom is 0.344 e. The Morgan fingerprint density at radius 1 is 1.00 bits per heavy atom. The highest BCUT2D eigenvalue weighted by atomic mass is 16.6. The average molecular weight is 396 g/mol. The van der Waals surface area contributed by atoms with Crippen molar-refractivity contribution in [1.29, 1.82) is 0 Å². The summed E-state index contributed by atoms with van der Waals surface area (Å²) in [4.78, 5) is 35.4. The van der Waals surface area contributed by atoms with Gasteiger partial charge in [0.25, 0.3) is 0 Å². The van der Waals surface area contributed by atoms with Crippen LogP contribution < -0.4 is 15.1 Å². The second-order valence-electron chi connectivity index (χ2n) is 6.20. The van der Waals surface area contributed by atoms with Gasteiger partial charge in [-0.05, 0) is 36.4 Å². The first kappa shape index (κ1) is 20.1. The fourth-order valence-corrected chi connectivity index (χ4v) is 2.74. The maximum atomic E-state index is 12.0. The molecule has 0 atom stereocenters. The van der Waals surface area contributed by atoms with Crippen LogP contribution in [0.3, 0.4) is 0 Å². The van der Waals surface area contributed by atoms with Crippen molar-refractivity contribution in [2.45, 2.75) is 20.0 Å². The highest BCUT2D eigenvalue weighted by Crippen LogP contribution is 2.23. The first-order valence-corrected chi connectivity index (χ1v) is 9.02. The van der Waals surface area contributed by atoms with Gasteiger partial charge in [0.15, 0.2) is 12.4 Å². The largest absolute Gasteiger partial charge is 0.497 e. The van der Waals surface area contributed by atoms with E-state index in [1.807, 2.05) is 0 Å². The summed E-state index contributed by atoms with van der Waals surface area (Å²) in [5.41, 5.74) is 0.916. The van der Waals surface area contributed by atoms with Crippen LogP contribution in [0.2, 0.25) is 0 Å². The standard InChI is InChI=1S/C22H20O7/c1-3-19(23)14-4-6-16(7-5-14)27-13-22(25)28-12-15-10-21(24)29-20-11-17(26-2)8-9-18(15)20/h4-11H,3,12-13H2,1-2H3. The Morgan fingerprint density at radius 2 is 1.72 bits per heavy atom. The molecule has 0 saturated heterocycles. The molecule has 0 amide bonds. The number of hydrogen-bond donors (Lipinski definition) is 0. The molecule has 0 aliphatic heterocycles. The van der Waals surface area contributed by atoms with E-state index in [2.05, 4.69) is 0 Å². The number of ketones is 1. The predicted octanol–water partition coefficient (Wildman–Crippen LogP) is 3.52. The van der Waals surface area contributed by atoms with Crippen LogP contribution in [0.25, 0.3) is 11.0 Å². The van der Waals surface area contributed by atoms with Crippen LogP contribution >= 0.6 is 0 Å². The van der Waals surface area contributed by atoms with Crippen molar-refractivity contribution in [2.75, 3.05) is 13.7 Å². The Labute approximate surface area is 166 Å². The van der Waals surface area contributed by atoms with Crippen molar-refractivity contribution in [2.24, 2.45) is 0 Å². The van der Waals surface area contributed by atoms with Crippen LogP contribution in [0.4, 0.5) is 0 Å². The van der Waals surface area contributed by atoms with E-state index in [-0.39, 0.29) is 19.0 Å². The average Bonchev–Trinajstić information content (AvgIpc) is 2.75. The van der Waals surface area contributed by atoms with Gasteiger partial charge in [-0.25, -0.2) is 9.59 Å². The number of Topliss-reactive ketones (excluding diaryl/α,β-unsaturated/α-hetero) is 1. The third-order valence-corrected chi connectivity index (χ3v) is 4.28. The van der Waals surface area contributed by atoms with Crippen molar-refractivity contribution in [1.82, 2.24) is 0 Å². The lowest BCUT2D eigenvalue weighted by Gasteiger charge is -2.09. The lowest BCUT2D eigenvalue weighted by Crippen LogP contribution is -2.15. The summed E-state index contributed by atoms with van der Waals surface area (Å²) in [6.45, 7) is 1.40. The molecule has 3 rings (SSSR count). The number of esters is 1. The highest BCUT2D eigenvalue weighted by Gasteiger charge is 2.11. The molecule has 0 spiro atoms. The van der Waals surface area contributed by atoms with Crippen LogP contribution in [0.5, 0.6) is 11.5 Å². The van der Waals surface area contributed by atoms with Crippen LogP contribution in [-0.4, -0.2) is 25.5 Å². The molecule has 150 valence electrons. The minimum absolute atomic E-state index is 0.0353. The third kappa shape index (κ3) is 5.01. The van der Waals surface area contributed by atoms with Gasteiger partial charge in [0.05, 0.1) is 7.11 Å². The number of carbonyl (C=O) groups is 2. The quantitative estimate of drug-likeness (QED) is 0.327. The van der Waals surface area contributed by atoms with Gasteiger partial charge < -0.3 is 18.6 Å². The molecule has 0 unspecified atom stereocenters. The summed E-state index contributed by atoms with van der Waals surface area (Å²) < 4.78 is 20.9.